The Morgan fingerprint density at radius 2 is 2.17 bits per heavy atom. The van der Waals surface area contributed by atoms with Crippen LogP contribution in [0, 0.1) is 6.92 Å². The highest BCUT2D eigenvalue weighted by Crippen LogP contribution is 2.25. The molecule has 2 atom stereocenters. The lowest BCUT2D eigenvalue weighted by molar-refractivity contribution is 0.0738. The van der Waals surface area contributed by atoms with Crippen LogP contribution in [-0.4, -0.2) is 40.0 Å². The first-order chi connectivity index (χ1) is 8.38. The summed E-state index contributed by atoms with van der Waals surface area (Å²) in [6, 6.07) is -0.947. The van der Waals surface area contributed by atoms with Crippen LogP contribution in [0.1, 0.15) is 35.2 Å². The fraction of sp³-hybridized carbons (Fsp3) is 0.600. The van der Waals surface area contributed by atoms with E-state index in [4.69, 9.17) is 5.11 Å². The van der Waals surface area contributed by atoms with Gasteiger partial charge in [0.15, 0.2) is 0 Å². The molecule has 1 rings (SSSR count). The van der Waals surface area contributed by atoms with Crippen LogP contribution in [0.4, 0.5) is 8.78 Å². The summed E-state index contributed by atoms with van der Waals surface area (Å²) in [7, 11) is 0. The molecule has 0 bridgehead atoms. The van der Waals surface area contributed by atoms with Crippen LogP contribution >= 0.6 is 0 Å². The van der Waals surface area contributed by atoms with Crippen molar-refractivity contribution in [1.29, 1.82) is 0 Å². The lowest BCUT2D eigenvalue weighted by Gasteiger charge is -2.18. The van der Waals surface area contributed by atoms with Gasteiger partial charge in [0, 0.05) is 0 Å². The summed E-state index contributed by atoms with van der Waals surface area (Å²) in [6.45, 7) is 2.19. The third-order valence-electron chi connectivity index (χ3n) is 2.41. The van der Waals surface area contributed by atoms with Crippen molar-refractivity contribution in [2.75, 3.05) is 6.61 Å². The van der Waals surface area contributed by atoms with E-state index in [-0.39, 0.29) is 11.3 Å². The number of nitrogens with zero attached hydrogens (tertiary/aromatic N) is 1. The van der Waals surface area contributed by atoms with Gasteiger partial charge >= 0.3 is 0 Å². The molecule has 0 aliphatic heterocycles. The fourth-order valence-electron chi connectivity index (χ4n) is 1.37. The Balaban J connectivity index is 2.93. The van der Waals surface area contributed by atoms with Crippen molar-refractivity contribution in [3.05, 3.63) is 17.0 Å². The smallest absolute Gasteiger partial charge is 0.298 e. The number of aromatic nitrogens is 1. The lowest BCUT2D eigenvalue weighted by Crippen LogP contribution is -2.44. The van der Waals surface area contributed by atoms with Crippen molar-refractivity contribution in [3.8, 4) is 0 Å². The molecule has 8 heteroatoms. The first-order valence-corrected chi connectivity index (χ1v) is 5.22. The molecule has 18 heavy (non-hydrogen) atoms. The summed E-state index contributed by atoms with van der Waals surface area (Å²) in [5, 5.41) is 23.7. The molecule has 1 amide bonds. The van der Waals surface area contributed by atoms with Gasteiger partial charge in [-0.1, -0.05) is 5.16 Å². The molecule has 0 radical (unpaired) electrons. The Hall–Kier alpha value is -1.54. The molecule has 1 aromatic heterocycles. The van der Waals surface area contributed by atoms with Gasteiger partial charge in [0.25, 0.3) is 12.3 Å². The standard InChI is InChI=1S/C10H14F2N2O4/c1-4-7(8(9(11)12)18-14-4)10(17)13-6(3-15)5(2)16/h5-6,9,15-16H,3H2,1-2H3,(H,13,17)/t5-,6-/m1/s1. The Bertz CT molecular complexity index is 420. The van der Waals surface area contributed by atoms with Crippen molar-refractivity contribution < 1.29 is 28.3 Å². The normalized spacial score (nSPS) is 14.6. The van der Waals surface area contributed by atoms with Crippen LogP contribution < -0.4 is 5.32 Å². The van der Waals surface area contributed by atoms with Gasteiger partial charge in [-0.05, 0) is 13.8 Å². The van der Waals surface area contributed by atoms with E-state index in [0.717, 1.165) is 0 Å². The molecule has 0 aromatic carbocycles. The zero-order valence-electron chi connectivity index (χ0n) is 9.85. The Morgan fingerprint density at radius 3 is 2.61 bits per heavy atom. The van der Waals surface area contributed by atoms with Crippen molar-refractivity contribution in [1.82, 2.24) is 10.5 Å². The number of hydrogen-bond acceptors (Lipinski definition) is 5. The summed E-state index contributed by atoms with van der Waals surface area (Å²) in [5.41, 5.74) is -0.353. The van der Waals surface area contributed by atoms with Crippen molar-refractivity contribution in [2.24, 2.45) is 0 Å². The van der Waals surface area contributed by atoms with Gasteiger partial charge < -0.3 is 20.1 Å². The van der Waals surface area contributed by atoms with Crippen LogP contribution in [0.3, 0.4) is 0 Å². The predicted octanol–water partition coefficient (Wildman–Crippen LogP) is 0.392. The lowest BCUT2D eigenvalue weighted by atomic mass is 10.1. The molecule has 0 unspecified atom stereocenters. The number of aryl methyl sites for hydroxylation is 1. The minimum absolute atomic E-state index is 0.0186. The number of halogens is 2. The molecular weight excluding hydrogens is 250 g/mol. The van der Waals surface area contributed by atoms with Crippen LogP contribution in [0.15, 0.2) is 4.52 Å². The third-order valence-corrected chi connectivity index (χ3v) is 2.41. The first kappa shape index (κ1) is 14.5. The quantitative estimate of drug-likeness (QED) is 0.715. The first-order valence-electron chi connectivity index (χ1n) is 5.22. The minimum atomic E-state index is -2.97. The van der Waals surface area contributed by atoms with E-state index >= 15 is 0 Å². The van der Waals surface area contributed by atoms with Gasteiger partial charge in [-0.25, -0.2) is 8.78 Å². The maximum absolute atomic E-state index is 12.6. The van der Waals surface area contributed by atoms with Crippen molar-refractivity contribution in [2.45, 2.75) is 32.4 Å². The molecule has 6 nitrogen and oxygen atoms in total. The Labute approximate surface area is 102 Å². The van der Waals surface area contributed by atoms with Crippen LogP contribution in [0.5, 0.6) is 0 Å². The molecule has 1 heterocycles. The average molecular weight is 264 g/mol. The molecular formula is C10H14F2N2O4. The monoisotopic (exact) mass is 264 g/mol. The van der Waals surface area contributed by atoms with E-state index in [1.807, 2.05) is 0 Å². The van der Waals surface area contributed by atoms with Crippen molar-refractivity contribution >= 4 is 5.91 Å². The molecule has 0 aliphatic carbocycles. The van der Waals surface area contributed by atoms with Gasteiger partial charge in [-0.3, -0.25) is 4.79 Å². The molecule has 0 saturated heterocycles. The number of nitrogens with one attached hydrogen (secondary N) is 1. The topological polar surface area (TPSA) is 95.6 Å². The number of aliphatic hydroxyl groups is 2. The number of rotatable bonds is 5. The summed E-state index contributed by atoms with van der Waals surface area (Å²) >= 11 is 0. The highest BCUT2D eigenvalue weighted by molar-refractivity contribution is 5.96. The average Bonchev–Trinajstić information content (AvgIpc) is 2.67. The van der Waals surface area contributed by atoms with Crippen molar-refractivity contribution in [3.63, 3.8) is 0 Å². The second-order valence-corrected chi connectivity index (χ2v) is 3.81. The maximum Gasteiger partial charge on any atom is 0.298 e. The molecule has 3 N–H and O–H groups in total. The van der Waals surface area contributed by atoms with E-state index in [1.54, 1.807) is 0 Å². The second-order valence-electron chi connectivity index (χ2n) is 3.81. The SMILES string of the molecule is Cc1noc(C(F)F)c1C(=O)N[C@H](CO)[C@@H](C)O. The largest absolute Gasteiger partial charge is 0.394 e. The predicted molar refractivity (Wildman–Crippen MR) is 56.2 cm³/mol. The number of alkyl halides is 2. The summed E-state index contributed by atoms with van der Waals surface area (Å²) < 4.78 is 29.5. The van der Waals surface area contributed by atoms with Gasteiger partial charge in [0.05, 0.1) is 24.4 Å². The van der Waals surface area contributed by atoms with Gasteiger partial charge in [-0.15, -0.1) is 0 Å². The van der Waals surface area contributed by atoms with Gasteiger partial charge in [0.1, 0.15) is 5.56 Å². The molecule has 0 saturated carbocycles. The van der Waals surface area contributed by atoms with Gasteiger partial charge in [0.2, 0.25) is 5.76 Å². The van der Waals surface area contributed by atoms with E-state index in [1.165, 1.54) is 13.8 Å². The van der Waals surface area contributed by atoms with Crippen LogP contribution in [0.25, 0.3) is 0 Å². The zero-order valence-corrected chi connectivity index (χ0v) is 9.85. The highest BCUT2D eigenvalue weighted by atomic mass is 19.3. The Kier molecular flexibility index (Phi) is 4.74. The fourth-order valence-corrected chi connectivity index (χ4v) is 1.37. The molecule has 102 valence electrons. The highest BCUT2D eigenvalue weighted by Gasteiger charge is 2.28. The third kappa shape index (κ3) is 3.02. The number of carbonyl (C=O) groups excluding carboxylic acids is 1. The Morgan fingerprint density at radius 1 is 1.56 bits per heavy atom. The van der Waals surface area contributed by atoms with Gasteiger partial charge in [-0.2, -0.15) is 0 Å². The van der Waals surface area contributed by atoms with E-state index in [0.29, 0.717) is 0 Å². The number of aliphatic hydroxyl groups excluding tert-OH is 2. The van der Waals surface area contributed by atoms with Crippen LogP contribution in [-0.2, 0) is 0 Å². The number of amides is 1. The summed E-state index contributed by atoms with van der Waals surface area (Å²) in [6.07, 6.45) is -3.99. The van der Waals surface area contributed by atoms with E-state index in [2.05, 4.69) is 15.0 Å². The summed E-state index contributed by atoms with van der Waals surface area (Å²) in [5.74, 6) is -1.70. The van der Waals surface area contributed by atoms with E-state index < -0.39 is 36.8 Å². The molecule has 0 aliphatic rings. The maximum atomic E-state index is 12.6. The van der Waals surface area contributed by atoms with Crippen LogP contribution in [0.2, 0.25) is 0 Å². The summed E-state index contributed by atoms with van der Waals surface area (Å²) in [4.78, 5) is 11.8. The molecule has 0 spiro atoms. The zero-order chi connectivity index (χ0) is 13.9. The van der Waals surface area contributed by atoms with E-state index in [9.17, 15) is 18.7 Å². The minimum Gasteiger partial charge on any atom is -0.394 e. The molecule has 1 aromatic rings. The number of hydrogen-bond donors (Lipinski definition) is 3. The number of carbonyl (C=O) groups is 1. The second kappa shape index (κ2) is 5.87. The molecule has 0 fully saturated rings.